The van der Waals surface area contributed by atoms with Crippen molar-refractivity contribution in [3.8, 4) is 23.0 Å². The zero-order valence-electron chi connectivity index (χ0n) is 19.7. The summed E-state index contributed by atoms with van der Waals surface area (Å²) in [7, 11) is 6.34. The van der Waals surface area contributed by atoms with Crippen LogP contribution in [0.15, 0.2) is 65.4 Å². The molecule has 2 aromatic carbocycles. The molecule has 0 spiro atoms. The Morgan fingerprint density at radius 2 is 1.59 bits per heavy atom. The van der Waals surface area contributed by atoms with Crippen LogP contribution in [0.25, 0.3) is 12.2 Å². The van der Waals surface area contributed by atoms with Gasteiger partial charge in [0.15, 0.2) is 17.3 Å². The van der Waals surface area contributed by atoms with Crippen LogP contribution in [0.5, 0.6) is 23.0 Å². The SMILES string of the molecule is COc1ccc(/C=C\c2cc(OC)c(OC)c(OC)c2)cc1N/C=C\C(=O)C1=CCCC(Cl)=C1. The van der Waals surface area contributed by atoms with Crippen LogP contribution in [0.1, 0.15) is 24.0 Å². The lowest BCUT2D eigenvalue weighted by atomic mass is 10.0. The lowest BCUT2D eigenvalue weighted by molar-refractivity contribution is -0.111. The van der Waals surface area contributed by atoms with Gasteiger partial charge in [0.25, 0.3) is 0 Å². The van der Waals surface area contributed by atoms with Crippen molar-refractivity contribution < 1.29 is 23.7 Å². The maximum atomic E-state index is 12.4. The average molecular weight is 482 g/mol. The number of anilines is 1. The van der Waals surface area contributed by atoms with Crippen molar-refractivity contribution in [2.75, 3.05) is 33.8 Å². The quantitative estimate of drug-likeness (QED) is 0.320. The van der Waals surface area contributed by atoms with Crippen LogP contribution in [0.4, 0.5) is 5.69 Å². The molecule has 0 aromatic heterocycles. The second-order valence-corrected chi connectivity index (χ2v) is 7.87. The van der Waals surface area contributed by atoms with Crippen LogP contribution in [0.3, 0.4) is 0 Å². The number of halogens is 1. The largest absolute Gasteiger partial charge is 0.495 e. The molecule has 1 N–H and O–H groups in total. The molecule has 0 bridgehead atoms. The van der Waals surface area contributed by atoms with Gasteiger partial charge in [0.2, 0.25) is 5.75 Å². The van der Waals surface area contributed by atoms with E-state index in [1.54, 1.807) is 40.7 Å². The average Bonchev–Trinajstić information content (AvgIpc) is 2.86. The van der Waals surface area contributed by atoms with Gasteiger partial charge in [0, 0.05) is 22.9 Å². The summed E-state index contributed by atoms with van der Waals surface area (Å²) in [6, 6.07) is 9.47. The Labute approximate surface area is 205 Å². The van der Waals surface area contributed by atoms with Crippen LogP contribution in [0, 0.1) is 0 Å². The molecule has 0 saturated heterocycles. The van der Waals surface area contributed by atoms with Crippen molar-refractivity contribution in [2.45, 2.75) is 12.8 Å². The number of hydrogen-bond acceptors (Lipinski definition) is 6. The highest BCUT2D eigenvalue weighted by Gasteiger charge is 2.12. The topological polar surface area (TPSA) is 66.0 Å². The number of methoxy groups -OCH3 is 4. The first-order valence-electron chi connectivity index (χ1n) is 10.7. The van der Waals surface area contributed by atoms with E-state index < -0.39 is 0 Å². The third-order valence-electron chi connectivity index (χ3n) is 5.20. The molecule has 0 heterocycles. The van der Waals surface area contributed by atoms with E-state index in [0.29, 0.717) is 33.6 Å². The van der Waals surface area contributed by atoms with Gasteiger partial charge in [-0.25, -0.2) is 0 Å². The molecule has 1 aliphatic carbocycles. The molecule has 0 atom stereocenters. The summed E-state index contributed by atoms with van der Waals surface area (Å²) < 4.78 is 21.7. The molecule has 0 saturated carbocycles. The Bertz CT molecular complexity index is 1140. The molecular formula is C27H28ClNO5. The molecule has 0 aliphatic heterocycles. The molecule has 178 valence electrons. The maximum Gasteiger partial charge on any atom is 0.203 e. The van der Waals surface area contributed by atoms with Gasteiger partial charge in [-0.15, -0.1) is 0 Å². The fraction of sp³-hybridized carbons (Fsp3) is 0.222. The zero-order valence-corrected chi connectivity index (χ0v) is 20.4. The van der Waals surface area contributed by atoms with E-state index >= 15 is 0 Å². The molecule has 7 heteroatoms. The second-order valence-electron chi connectivity index (χ2n) is 7.38. The molecular weight excluding hydrogens is 454 g/mol. The number of carbonyl (C=O) groups is 1. The fourth-order valence-corrected chi connectivity index (χ4v) is 3.70. The van der Waals surface area contributed by atoms with E-state index in [-0.39, 0.29) is 5.78 Å². The van der Waals surface area contributed by atoms with Gasteiger partial charge in [0.05, 0.1) is 34.1 Å². The van der Waals surface area contributed by atoms with Gasteiger partial charge in [-0.1, -0.05) is 35.9 Å². The van der Waals surface area contributed by atoms with Crippen LogP contribution in [-0.2, 0) is 4.79 Å². The van der Waals surface area contributed by atoms with Crippen molar-refractivity contribution in [3.05, 3.63) is 76.5 Å². The zero-order chi connectivity index (χ0) is 24.5. The highest BCUT2D eigenvalue weighted by molar-refractivity contribution is 6.30. The summed E-state index contributed by atoms with van der Waals surface area (Å²) in [6.45, 7) is 0. The number of carbonyl (C=O) groups excluding carboxylic acids is 1. The first-order chi connectivity index (χ1) is 16.5. The summed E-state index contributed by atoms with van der Waals surface area (Å²) in [4.78, 5) is 12.4. The number of hydrogen-bond donors (Lipinski definition) is 1. The van der Waals surface area contributed by atoms with Crippen molar-refractivity contribution in [1.29, 1.82) is 0 Å². The molecule has 3 rings (SSSR count). The van der Waals surface area contributed by atoms with Crippen LogP contribution in [0.2, 0.25) is 0 Å². The maximum absolute atomic E-state index is 12.4. The molecule has 34 heavy (non-hydrogen) atoms. The van der Waals surface area contributed by atoms with Gasteiger partial charge in [0.1, 0.15) is 5.75 Å². The summed E-state index contributed by atoms with van der Waals surface area (Å²) in [6.07, 6.45) is 12.1. The molecule has 0 amide bonds. The highest BCUT2D eigenvalue weighted by Crippen LogP contribution is 2.38. The number of ether oxygens (including phenoxy) is 4. The van der Waals surface area contributed by atoms with Gasteiger partial charge >= 0.3 is 0 Å². The number of ketones is 1. The summed E-state index contributed by atoms with van der Waals surface area (Å²) >= 11 is 6.05. The minimum atomic E-state index is -0.109. The Morgan fingerprint density at radius 3 is 2.21 bits per heavy atom. The molecule has 6 nitrogen and oxygen atoms in total. The van der Waals surface area contributed by atoms with Crippen LogP contribution >= 0.6 is 11.6 Å². The van der Waals surface area contributed by atoms with Crippen molar-refractivity contribution in [3.63, 3.8) is 0 Å². The molecule has 0 radical (unpaired) electrons. The molecule has 1 aliphatic rings. The first-order valence-corrected chi connectivity index (χ1v) is 11.1. The standard InChI is InChI=1S/C27H28ClNO5/c1-31-24-11-10-18(8-9-19-15-25(32-2)27(34-4)26(16-19)33-3)14-22(24)29-13-12-23(30)20-6-5-7-21(28)17-20/h6,8-17,29H,5,7H2,1-4H3/b9-8-,13-12-. The van der Waals surface area contributed by atoms with Gasteiger partial charge in [-0.2, -0.15) is 0 Å². The summed E-state index contributed by atoms with van der Waals surface area (Å²) in [5, 5.41) is 3.83. The van der Waals surface area contributed by atoms with Crippen molar-refractivity contribution >= 4 is 35.2 Å². The highest BCUT2D eigenvalue weighted by atomic mass is 35.5. The Kier molecular flexibility index (Phi) is 8.82. The number of benzene rings is 2. The smallest absolute Gasteiger partial charge is 0.203 e. The van der Waals surface area contributed by atoms with Gasteiger partial charge in [-0.3, -0.25) is 4.79 Å². The number of rotatable bonds is 10. The molecule has 0 fully saturated rings. The minimum Gasteiger partial charge on any atom is -0.495 e. The van der Waals surface area contributed by atoms with Crippen LogP contribution < -0.4 is 24.3 Å². The Morgan fingerprint density at radius 1 is 0.912 bits per heavy atom. The van der Waals surface area contributed by atoms with E-state index in [0.717, 1.165) is 29.7 Å². The number of allylic oxidation sites excluding steroid dienone is 5. The predicted molar refractivity (Wildman–Crippen MR) is 137 cm³/mol. The third kappa shape index (κ3) is 6.23. The van der Waals surface area contributed by atoms with E-state index in [1.165, 1.54) is 6.08 Å². The van der Waals surface area contributed by atoms with Crippen molar-refractivity contribution in [1.82, 2.24) is 0 Å². The van der Waals surface area contributed by atoms with Gasteiger partial charge in [-0.05, 0) is 54.3 Å². The Balaban J connectivity index is 1.78. The van der Waals surface area contributed by atoms with E-state index in [9.17, 15) is 4.79 Å². The monoisotopic (exact) mass is 481 g/mol. The van der Waals surface area contributed by atoms with Crippen LogP contribution in [-0.4, -0.2) is 34.2 Å². The third-order valence-corrected chi connectivity index (χ3v) is 5.49. The minimum absolute atomic E-state index is 0.109. The van der Waals surface area contributed by atoms with E-state index in [4.69, 9.17) is 30.5 Å². The first kappa shape index (κ1) is 25.0. The Hall–Kier alpha value is -3.64. The van der Waals surface area contributed by atoms with E-state index in [1.807, 2.05) is 48.6 Å². The predicted octanol–water partition coefficient (Wildman–Crippen LogP) is 6.23. The van der Waals surface area contributed by atoms with Gasteiger partial charge < -0.3 is 24.3 Å². The fourth-order valence-electron chi connectivity index (χ4n) is 3.47. The number of nitrogens with one attached hydrogen (secondary N) is 1. The van der Waals surface area contributed by atoms with Crippen molar-refractivity contribution in [2.24, 2.45) is 0 Å². The molecule has 2 aromatic rings. The summed E-state index contributed by atoms with van der Waals surface area (Å²) in [5.41, 5.74) is 3.15. The lowest BCUT2D eigenvalue weighted by Gasteiger charge is -2.13. The molecule has 0 unspecified atom stereocenters. The second kappa shape index (κ2) is 12.0. The lowest BCUT2D eigenvalue weighted by Crippen LogP contribution is -2.01. The summed E-state index contributed by atoms with van der Waals surface area (Å²) in [5.74, 6) is 2.25. The van der Waals surface area contributed by atoms with E-state index in [2.05, 4.69) is 5.32 Å². The normalized spacial score (nSPS) is 13.4.